The molecule has 32 heavy (non-hydrogen) atoms. The zero-order chi connectivity index (χ0) is 23.4. The van der Waals surface area contributed by atoms with Gasteiger partial charge in [0, 0.05) is 44.2 Å². The summed E-state index contributed by atoms with van der Waals surface area (Å²) in [5.74, 6) is -0.666. The number of aliphatic imine (C=N–C) groups is 1. The van der Waals surface area contributed by atoms with Crippen molar-refractivity contribution in [1.29, 1.82) is 5.41 Å². The molecule has 0 aliphatic carbocycles. The second kappa shape index (κ2) is 10.8. The first-order valence-corrected chi connectivity index (χ1v) is 9.66. The minimum Gasteiger partial charge on any atom is -0.480 e. The Hall–Kier alpha value is -2.69. The van der Waals surface area contributed by atoms with Crippen molar-refractivity contribution in [3.8, 4) is 5.88 Å². The highest BCUT2D eigenvalue weighted by atomic mass is 19.4. The maximum absolute atomic E-state index is 12.8. The van der Waals surface area contributed by atoms with Gasteiger partial charge in [0.05, 0.1) is 26.6 Å². The lowest BCUT2D eigenvalue weighted by Crippen LogP contribution is -2.53. The van der Waals surface area contributed by atoms with E-state index in [1.54, 1.807) is 12.3 Å². The minimum atomic E-state index is -4.65. The number of pyridine rings is 1. The van der Waals surface area contributed by atoms with Gasteiger partial charge >= 0.3 is 12.1 Å². The second-order valence-corrected chi connectivity index (χ2v) is 7.72. The van der Waals surface area contributed by atoms with Crippen molar-refractivity contribution in [2.75, 3.05) is 47.4 Å². The van der Waals surface area contributed by atoms with Gasteiger partial charge in [-0.2, -0.15) is 13.2 Å². The summed E-state index contributed by atoms with van der Waals surface area (Å²) in [6.07, 6.45) is -3.07. The number of methoxy groups -OCH3 is 2. The lowest BCUT2D eigenvalue weighted by Gasteiger charge is -2.41. The molecule has 1 aliphatic heterocycles. The first-order chi connectivity index (χ1) is 14.4. The predicted octanol–water partition coefficient (Wildman–Crippen LogP) is 2.92. The molecule has 0 bridgehead atoms. The Morgan fingerprint density at radius 1 is 1.41 bits per heavy atom. The predicted molar refractivity (Wildman–Crippen MR) is 117 cm³/mol. The van der Waals surface area contributed by atoms with Crippen molar-refractivity contribution in [3.05, 3.63) is 23.4 Å². The van der Waals surface area contributed by atoms with Crippen LogP contribution in [0.4, 0.5) is 13.2 Å². The minimum absolute atomic E-state index is 0. The number of alkyl halides is 3. The van der Waals surface area contributed by atoms with E-state index in [9.17, 15) is 18.0 Å². The molecule has 0 saturated carbocycles. The van der Waals surface area contributed by atoms with E-state index in [1.165, 1.54) is 21.1 Å². The Bertz CT molecular complexity index is 860. The largest absolute Gasteiger partial charge is 0.480 e. The highest BCUT2D eigenvalue weighted by molar-refractivity contribution is 5.92. The van der Waals surface area contributed by atoms with Crippen molar-refractivity contribution in [1.82, 2.24) is 15.2 Å². The van der Waals surface area contributed by atoms with Crippen LogP contribution in [0.25, 0.3) is 0 Å². The quantitative estimate of drug-likeness (QED) is 0.458. The number of rotatable bonds is 8. The van der Waals surface area contributed by atoms with Crippen LogP contribution in [0.1, 0.15) is 37.2 Å². The lowest BCUT2D eigenvalue weighted by molar-refractivity contribution is -0.0634. The second-order valence-electron chi connectivity index (χ2n) is 7.72. The molecule has 0 aromatic carbocycles. The average Bonchev–Trinajstić information content (AvgIpc) is 2.73. The van der Waals surface area contributed by atoms with Crippen molar-refractivity contribution < 1.29 is 27.4 Å². The zero-order valence-corrected chi connectivity index (χ0v) is 18.3. The molecular formula is C21H32F3N5O3. The Morgan fingerprint density at radius 2 is 2.06 bits per heavy atom. The van der Waals surface area contributed by atoms with Gasteiger partial charge in [0.15, 0.2) is 0 Å². The van der Waals surface area contributed by atoms with Crippen molar-refractivity contribution in [2.45, 2.75) is 32.9 Å². The van der Waals surface area contributed by atoms with E-state index in [4.69, 9.17) is 14.9 Å². The number of halogens is 3. The summed E-state index contributed by atoms with van der Waals surface area (Å²) < 4.78 is 48.4. The first-order valence-electron chi connectivity index (χ1n) is 9.66. The van der Waals surface area contributed by atoms with Crippen molar-refractivity contribution >= 4 is 17.5 Å². The normalized spacial score (nSPS) is 19.5. The number of hydrogen-bond acceptors (Lipinski definition) is 8. The number of ether oxygens (including phenoxy) is 2. The number of aromatic nitrogens is 1. The third-order valence-electron chi connectivity index (χ3n) is 5.48. The van der Waals surface area contributed by atoms with Gasteiger partial charge in [-0.05, 0) is 18.6 Å². The molecule has 1 aliphatic rings. The van der Waals surface area contributed by atoms with Crippen LogP contribution in [0.5, 0.6) is 5.88 Å². The standard InChI is InChI=1S/C20H28F3N5O3.CH4/c1-12(16(24)20(21,22)23)7-25-9-19(10-27-13(2)28(3)11-19)14-6-15(18(29)31-5)17(30-4)26-8-14;/h6,8,12,24-25H,7,9-11H2,1-5H3;1H4. The van der Waals surface area contributed by atoms with Crippen LogP contribution in [0.3, 0.4) is 0 Å². The van der Waals surface area contributed by atoms with Crippen LogP contribution in [0, 0.1) is 11.3 Å². The molecule has 2 N–H and O–H groups in total. The van der Waals surface area contributed by atoms with Crippen LogP contribution in [-0.4, -0.2) is 81.0 Å². The van der Waals surface area contributed by atoms with Crippen LogP contribution in [-0.2, 0) is 10.2 Å². The lowest BCUT2D eigenvalue weighted by atomic mass is 9.78. The summed E-state index contributed by atoms with van der Waals surface area (Å²) in [5.41, 5.74) is -1.09. The SMILES string of the molecule is C.COC(=O)c1cc(C2(CNCC(C)C(=N)C(F)(F)F)CN=C(C)N(C)C2)cnc1OC. The van der Waals surface area contributed by atoms with E-state index in [0.29, 0.717) is 18.7 Å². The number of carbonyl (C=O) groups excluding carboxylic acids is 1. The highest BCUT2D eigenvalue weighted by Gasteiger charge is 2.40. The van der Waals surface area contributed by atoms with E-state index in [-0.39, 0.29) is 32.0 Å². The van der Waals surface area contributed by atoms with E-state index in [1.807, 2.05) is 18.9 Å². The number of likely N-dealkylation sites (N-methyl/N-ethyl adjacent to an activating group) is 1. The molecular weight excluding hydrogens is 427 g/mol. The monoisotopic (exact) mass is 459 g/mol. The molecule has 0 amide bonds. The molecule has 0 fully saturated rings. The van der Waals surface area contributed by atoms with Gasteiger partial charge in [-0.15, -0.1) is 0 Å². The fourth-order valence-corrected chi connectivity index (χ4v) is 3.47. The van der Waals surface area contributed by atoms with E-state index < -0.39 is 29.2 Å². The number of carbonyl (C=O) groups is 1. The third kappa shape index (κ3) is 5.96. The Kier molecular flexibility index (Phi) is 9.19. The van der Waals surface area contributed by atoms with Gasteiger partial charge in [-0.25, -0.2) is 9.78 Å². The Labute approximate surface area is 186 Å². The molecule has 11 heteroatoms. The molecule has 2 atom stereocenters. The van der Waals surface area contributed by atoms with Gasteiger partial charge < -0.3 is 25.1 Å². The van der Waals surface area contributed by atoms with Gasteiger partial charge in [0.1, 0.15) is 11.3 Å². The molecule has 0 spiro atoms. The summed E-state index contributed by atoms with van der Waals surface area (Å²) in [5, 5.41) is 10.4. The number of amidine groups is 1. The maximum atomic E-state index is 12.8. The number of nitrogens with one attached hydrogen (secondary N) is 2. The average molecular weight is 460 g/mol. The molecule has 0 radical (unpaired) electrons. The summed E-state index contributed by atoms with van der Waals surface area (Å²) in [6, 6.07) is 1.63. The maximum Gasteiger partial charge on any atom is 0.429 e. The summed E-state index contributed by atoms with van der Waals surface area (Å²) >= 11 is 0. The first kappa shape index (κ1) is 27.3. The van der Waals surface area contributed by atoms with E-state index in [0.717, 1.165) is 5.84 Å². The van der Waals surface area contributed by atoms with Crippen LogP contribution < -0.4 is 10.1 Å². The van der Waals surface area contributed by atoms with Crippen LogP contribution in [0.2, 0.25) is 0 Å². The van der Waals surface area contributed by atoms with E-state index in [2.05, 4.69) is 15.3 Å². The van der Waals surface area contributed by atoms with Crippen LogP contribution >= 0.6 is 0 Å². The van der Waals surface area contributed by atoms with E-state index >= 15 is 0 Å². The summed E-state index contributed by atoms with van der Waals surface area (Å²) in [6.45, 7) is 4.34. The molecule has 1 aromatic heterocycles. The van der Waals surface area contributed by atoms with Crippen molar-refractivity contribution in [3.63, 3.8) is 0 Å². The van der Waals surface area contributed by atoms with Gasteiger partial charge in [0.25, 0.3) is 0 Å². The third-order valence-corrected chi connectivity index (χ3v) is 5.48. The topological polar surface area (TPSA) is 99.9 Å². The summed E-state index contributed by atoms with van der Waals surface area (Å²) in [4.78, 5) is 22.9. The van der Waals surface area contributed by atoms with Crippen LogP contribution in [0.15, 0.2) is 17.3 Å². The van der Waals surface area contributed by atoms with Gasteiger partial charge in [0.2, 0.25) is 5.88 Å². The number of esters is 1. The molecule has 0 saturated heterocycles. The van der Waals surface area contributed by atoms with Gasteiger partial charge in [-0.1, -0.05) is 14.4 Å². The zero-order valence-electron chi connectivity index (χ0n) is 18.3. The highest BCUT2D eigenvalue weighted by Crippen LogP contribution is 2.31. The number of hydrogen-bond donors (Lipinski definition) is 2. The Morgan fingerprint density at radius 3 is 2.59 bits per heavy atom. The molecule has 2 rings (SSSR count). The molecule has 180 valence electrons. The smallest absolute Gasteiger partial charge is 0.429 e. The fourth-order valence-electron chi connectivity index (χ4n) is 3.47. The number of nitrogens with zero attached hydrogens (tertiary/aromatic N) is 3. The molecule has 2 heterocycles. The molecule has 8 nitrogen and oxygen atoms in total. The molecule has 1 aromatic rings. The van der Waals surface area contributed by atoms with Gasteiger partial charge in [-0.3, -0.25) is 4.99 Å². The fraction of sp³-hybridized carbons (Fsp3) is 0.619. The summed E-state index contributed by atoms with van der Waals surface area (Å²) in [7, 11) is 4.52. The van der Waals surface area contributed by atoms with Crippen molar-refractivity contribution in [2.24, 2.45) is 10.9 Å². The molecule has 2 unspecified atom stereocenters. The Balaban J connectivity index is 0.00000512.